The fourth-order valence-electron chi connectivity index (χ4n) is 3.91. The molecule has 2 heterocycles. The molecule has 3 N–H and O–H groups in total. The van der Waals surface area contributed by atoms with Crippen molar-refractivity contribution >= 4 is 41.7 Å². The van der Waals surface area contributed by atoms with Crippen molar-refractivity contribution in [1.82, 2.24) is 25.8 Å². The molecule has 3 rings (SSSR count). The van der Waals surface area contributed by atoms with Crippen LogP contribution in [0.3, 0.4) is 0 Å². The van der Waals surface area contributed by atoms with Crippen molar-refractivity contribution in [3.63, 3.8) is 0 Å². The molecule has 1 aromatic carbocycles. The molecule has 0 saturated carbocycles. The molecule has 2 aliphatic heterocycles. The van der Waals surface area contributed by atoms with Crippen molar-refractivity contribution in [3.05, 3.63) is 29.8 Å². The molecule has 1 aromatic rings. The highest BCUT2D eigenvalue weighted by Crippen LogP contribution is 2.24. The third kappa shape index (κ3) is 5.86. The van der Waals surface area contributed by atoms with Crippen LogP contribution in [0.2, 0.25) is 0 Å². The summed E-state index contributed by atoms with van der Waals surface area (Å²) in [5, 5.41) is 14.4. The number of urea groups is 1. The van der Waals surface area contributed by atoms with Gasteiger partial charge >= 0.3 is 12.0 Å². The van der Waals surface area contributed by atoms with E-state index in [-0.39, 0.29) is 25.9 Å². The number of carboxylic acids is 1. The van der Waals surface area contributed by atoms with Gasteiger partial charge in [0.15, 0.2) is 0 Å². The Labute approximate surface area is 201 Å². The average Bonchev–Trinajstić information content (AvgIpc) is 2.95. The Balaban J connectivity index is 1.79. The second-order valence-electron chi connectivity index (χ2n) is 8.43. The lowest BCUT2D eigenvalue weighted by Crippen LogP contribution is -2.64. The highest BCUT2D eigenvalue weighted by molar-refractivity contribution is 5.97. The summed E-state index contributed by atoms with van der Waals surface area (Å²) in [5.41, 5.74) is 3.69. The number of nitrogens with one attached hydrogen (secondary N) is 2. The Bertz CT molecular complexity index is 1010. The van der Waals surface area contributed by atoms with E-state index in [1.54, 1.807) is 24.3 Å². The monoisotopic (exact) mass is 488 g/mol. The van der Waals surface area contributed by atoms with E-state index in [0.717, 1.165) is 15.7 Å². The molecule has 2 unspecified atom stereocenters. The molecular formula is C22H28N6O7. The Hall–Kier alpha value is -4.16. The van der Waals surface area contributed by atoms with Gasteiger partial charge < -0.3 is 20.1 Å². The van der Waals surface area contributed by atoms with Gasteiger partial charge in [-0.05, 0) is 37.1 Å². The number of benzene rings is 1. The largest absolute Gasteiger partial charge is 0.481 e. The van der Waals surface area contributed by atoms with Crippen molar-refractivity contribution in [1.29, 1.82) is 0 Å². The van der Waals surface area contributed by atoms with Crippen LogP contribution >= 0.6 is 0 Å². The Morgan fingerprint density at radius 1 is 1.17 bits per heavy atom. The smallest absolute Gasteiger partial charge is 0.358 e. The predicted octanol–water partition coefficient (Wildman–Crippen LogP) is -0.410. The van der Waals surface area contributed by atoms with Gasteiger partial charge in [0.25, 0.3) is 5.91 Å². The number of carbonyl (C=O) groups is 6. The van der Waals surface area contributed by atoms with Crippen LogP contribution in [0.15, 0.2) is 24.3 Å². The van der Waals surface area contributed by atoms with Crippen LogP contribution in [0.1, 0.15) is 36.0 Å². The number of nitrogens with zero attached hydrogens (tertiary/aromatic N) is 4. The van der Waals surface area contributed by atoms with Crippen molar-refractivity contribution in [2.45, 2.75) is 37.8 Å². The highest BCUT2D eigenvalue weighted by atomic mass is 16.4. The molecule has 35 heavy (non-hydrogen) atoms. The van der Waals surface area contributed by atoms with Crippen LogP contribution in [-0.2, 0) is 19.2 Å². The standard InChI is InChI=1S/C22H28N6O7/c1-25(2)16-7-5-14(6-8-16)20(33)24-26-11-9-18(30)27-10-3-4-17(28(27)22(26)35)21(34)23-15(13-29)12-19(31)32/h5-8,13,15,17H,3-4,9-12H2,1-2H3,(H,23,34)(H,24,33)(H,31,32). The minimum absolute atomic E-state index is 0.0770. The number of carbonyl (C=O) groups excluding carboxylic acids is 5. The van der Waals surface area contributed by atoms with E-state index in [1.165, 1.54) is 5.01 Å². The number of amides is 5. The maximum absolute atomic E-state index is 13.4. The molecule has 188 valence electrons. The minimum Gasteiger partial charge on any atom is -0.481 e. The van der Waals surface area contributed by atoms with Crippen molar-refractivity contribution in [2.75, 3.05) is 32.1 Å². The first-order valence-electron chi connectivity index (χ1n) is 11.1. The molecule has 0 spiro atoms. The summed E-state index contributed by atoms with van der Waals surface area (Å²) in [5.74, 6) is -3.01. The van der Waals surface area contributed by atoms with Crippen LogP contribution in [0, 0.1) is 0 Å². The lowest BCUT2D eigenvalue weighted by molar-refractivity contribution is -0.155. The van der Waals surface area contributed by atoms with Gasteiger partial charge in [0, 0.05) is 38.3 Å². The van der Waals surface area contributed by atoms with Gasteiger partial charge in [0.1, 0.15) is 12.3 Å². The van der Waals surface area contributed by atoms with Crippen LogP contribution in [0.5, 0.6) is 0 Å². The number of aliphatic carboxylic acids is 1. The molecule has 5 amide bonds. The Kier molecular flexibility index (Phi) is 7.89. The Morgan fingerprint density at radius 3 is 2.46 bits per heavy atom. The summed E-state index contributed by atoms with van der Waals surface area (Å²) in [4.78, 5) is 75.8. The fraction of sp³-hybridized carbons (Fsp3) is 0.455. The van der Waals surface area contributed by atoms with E-state index in [1.807, 2.05) is 19.0 Å². The zero-order chi connectivity index (χ0) is 25.7. The molecule has 0 bridgehead atoms. The summed E-state index contributed by atoms with van der Waals surface area (Å²) in [6.07, 6.45) is 0.215. The minimum atomic E-state index is -1.28. The average molecular weight is 489 g/mol. The van der Waals surface area contributed by atoms with E-state index in [2.05, 4.69) is 10.7 Å². The van der Waals surface area contributed by atoms with Gasteiger partial charge in [-0.1, -0.05) is 0 Å². The summed E-state index contributed by atoms with van der Waals surface area (Å²) in [6.45, 7) is 0.102. The number of aldehydes is 1. The van der Waals surface area contributed by atoms with Gasteiger partial charge in [-0.3, -0.25) is 24.6 Å². The summed E-state index contributed by atoms with van der Waals surface area (Å²) >= 11 is 0. The van der Waals surface area contributed by atoms with E-state index < -0.39 is 48.2 Å². The SMILES string of the molecule is CN(C)c1ccc(C(=O)NN2CCC(=O)N3CCCC(C(=O)NC(C=O)CC(=O)O)N3C2=O)cc1. The van der Waals surface area contributed by atoms with E-state index in [4.69, 9.17) is 5.11 Å². The number of anilines is 1. The maximum Gasteiger partial charge on any atom is 0.358 e. The Morgan fingerprint density at radius 2 is 1.86 bits per heavy atom. The normalized spacial score (nSPS) is 18.8. The molecule has 2 atom stereocenters. The number of hydrogen-bond acceptors (Lipinski definition) is 7. The van der Waals surface area contributed by atoms with Gasteiger partial charge in [-0.25, -0.2) is 19.8 Å². The summed E-state index contributed by atoms with van der Waals surface area (Å²) in [7, 11) is 3.72. The quantitative estimate of drug-likeness (QED) is 0.416. The maximum atomic E-state index is 13.4. The molecule has 0 aliphatic carbocycles. The lowest BCUT2D eigenvalue weighted by atomic mass is 10.1. The predicted molar refractivity (Wildman–Crippen MR) is 122 cm³/mol. The third-order valence-electron chi connectivity index (χ3n) is 5.74. The van der Waals surface area contributed by atoms with Crippen LogP contribution in [0.25, 0.3) is 0 Å². The molecule has 2 aliphatic rings. The second kappa shape index (κ2) is 10.8. The number of rotatable bonds is 8. The summed E-state index contributed by atoms with van der Waals surface area (Å²) in [6, 6.07) is 3.47. The zero-order valence-corrected chi connectivity index (χ0v) is 19.5. The van der Waals surface area contributed by atoms with E-state index in [9.17, 15) is 28.8 Å². The first-order valence-corrected chi connectivity index (χ1v) is 11.1. The zero-order valence-electron chi connectivity index (χ0n) is 19.5. The van der Waals surface area contributed by atoms with Gasteiger partial charge in [0.2, 0.25) is 11.8 Å². The van der Waals surface area contributed by atoms with Crippen LogP contribution in [0.4, 0.5) is 10.5 Å². The number of fused-ring (bicyclic) bond motifs is 1. The lowest BCUT2D eigenvalue weighted by Gasteiger charge is -2.42. The topological polar surface area (TPSA) is 160 Å². The number of carboxylic acid groups (broad SMARTS) is 1. The molecular weight excluding hydrogens is 460 g/mol. The molecule has 0 aromatic heterocycles. The molecule has 13 heteroatoms. The summed E-state index contributed by atoms with van der Waals surface area (Å²) < 4.78 is 0. The third-order valence-corrected chi connectivity index (χ3v) is 5.74. The van der Waals surface area contributed by atoms with Gasteiger partial charge in [0.05, 0.1) is 19.0 Å². The molecule has 13 nitrogen and oxygen atoms in total. The second-order valence-corrected chi connectivity index (χ2v) is 8.43. The fourth-order valence-corrected chi connectivity index (χ4v) is 3.91. The number of hydrazine groups is 2. The molecule has 2 saturated heterocycles. The molecule has 0 radical (unpaired) electrons. The van der Waals surface area contributed by atoms with Crippen molar-refractivity contribution in [2.24, 2.45) is 0 Å². The first kappa shape index (κ1) is 25.5. The van der Waals surface area contributed by atoms with Crippen LogP contribution in [-0.4, -0.2) is 95.4 Å². The molecule has 2 fully saturated rings. The number of hydrogen-bond donors (Lipinski definition) is 3. The first-order chi connectivity index (χ1) is 16.6. The van der Waals surface area contributed by atoms with Gasteiger partial charge in [-0.15, -0.1) is 0 Å². The van der Waals surface area contributed by atoms with Gasteiger partial charge in [-0.2, -0.15) is 0 Å². The van der Waals surface area contributed by atoms with Crippen molar-refractivity contribution in [3.8, 4) is 0 Å². The van der Waals surface area contributed by atoms with Crippen molar-refractivity contribution < 1.29 is 33.9 Å². The highest BCUT2D eigenvalue weighted by Gasteiger charge is 2.44. The van der Waals surface area contributed by atoms with E-state index in [0.29, 0.717) is 18.3 Å². The van der Waals surface area contributed by atoms with E-state index >= 15 is 0 Å². The van der Waals surface area contributed by atoms with Crippen LogP contribution < -0.4 is 15.6 Å².